The van der Waals surface area contributed by atoms with Gasteiger partial charge in [0.05, 0.1) is 23.2 Å². The number of carbonyl (C=O) groups excluding carboxylic acids is 1. The van der Waals surface area contributed by atoms with E-state index in [2.05, 4.69) is 10.3 Å². The molecule has 110 valence electrons. The van der Waals surface area contributed by atoms with E-state index in [1.54, 1.807) is 13.2 Å². The molecule has 2 heterocycles. The van der Waals surface area contributed by atoms with Gasteiger partial charge in [0.1, 0.15) is 0 Å². The van der Waals surface area contributed by atoms with Crippen molar-refractivity contribution in [1.29, 1.82) is 0 Å². The van der Waals surface area contributed by atoms with E-state index >= 15 is 0 Å². The van der Waals surface area contributed by atoms with Crippen LogP contribution >= 0.6 is 0 Å². The van der Waals surface area contributed by atoms with Gasteiger partial charge in [-0.3, -0.25) is 4.98 Å². The first-order valence-corrected chi connectivity index (χ1v) is 8.36. The molecule has 2 amide bonds. The van der Waals surface area contributed by atoms with Crippen LogP contribution in [0.3, 0.4) is 0 Å². The molecule has 1 aromatic rings. The SMILES string of the molecule is C[C@H](NC(=O)N(C)[C@H]1CCS(=O)(=O)C1)c1ccccn1. The van der Waals surface area contributed by atoms with Crippen molar-refractivity contribution in [2.24, 2.45) is 0 Å². The number of hydrogen-bond donors (Lipinski definition) is 1. The van der Waals surface area contributed by atoms with E-state index in [1.807, 2.05) is 25.1 Å². The topological polar surface area (TPSA) is 79.4 Å². The van der Waals surface area contributed by atoms with E-state index in [-0.39, 0.29) is 29.6 Å². The van der Waals surface area contributed by atoms with Gasteiger partial charge in [0, 0.05) is 19.3 Å². The van der Waals surface area contributed by atoms with Crippen molar-refractivity contribution < 1.29 is 13.2 Å². The summed E-state index contributed by atoms with van der Waals surface area (Å²) in [5.74, 6) is 0.208. The van der Waals surface area contributed by atoms with Gasteiger partial charge in [0.25, 0.3) is 0 Å². The van der Waals surface area contributed by atoms with Crippen LogP contribution in [0.4, 0.5) is 4.79 Å². The molecule has 1 fully saturated rings. The second-order valence-corrected chi connectivity index (χ2v) is 7.32. The lowest BCUT2D eigenvalue weighted by Gasteiger charge is -2.25. The Morgan fingerprint density at radius 1 is 1.50 bits per heavy atom. The summed E-state index contributed by atoms with van der Waals surface area (Å²) in [6.45, 7) is 1.85. The van der Waals surface area contributed by atoms with Gasteiger partial charge in [-0.25, -0.2) is 13.2 Å². The molecule has 0 bridgehead atoms. The Hall–Kier alpha value is -1.63. The standard InChI is InChI=1S/C13H19N3O3S/c1-10(12-5-3-4-7-14-12)15-13(17)16(2)11-6-8-20(18,19)9-11/h3-5,7,10-11H,6,8-9H2,1-2H3,(H,15,17)/t10-,11-/m0/s1. The predicted molar refractivity (Wildman–Crippen MR) is 76.0 cm³/mol. The summed E-state index contributed by atoms with van der Waals surface area (Å²) in [7, 11) is -1.36. The first kappa shape index (κ1) is 14.8. The first-order chi connectivity index (χ1) is 9.39. The highest BCUT2D eigenvalue weighted by molar-refractivity contribution is 7.91. The molecule has 0 aliphatic carbocycles. The molecule has 0 spiro atoms. The Bertz CT molecular complexity index is 574. The van der Waals surface area contributed by atoms with Gasteiger partial charge in [-0.15, -0.1) is 0 Å². The Morgan fingerprint density at radius 3 is 2.80 bits per heavy atom. The molecule has 1 aromatic heterocycles. The molecule has 6 nitrogen and oxygen atoms in total. The van der Waals surface area contributed by atoms with E-state index in [9.17, 15) is 13.2 Å². The zero-order valence-electron chi connectivity index (χ0n) is 11.6. The van der Waals surface area contributed by atoms with Gasteiger partial charge < -0.3 is 10.2 Å². The minimum Gasteiger partial charge on any atom is -0.330 e. The zero-order valence-corrected chi connectivity index (χ0v) is 12.4. The summed E-state index contributed by atoms with van der Waals surface area (Å²) in [5.41, 5.74) is 0.772. The lowest BCUT2D eigenvalue weighted by molar-refractivity contribution is 0.191. The van der Waals surface area contributed by atoms with Crippen molar-refractivity contribution in [1.82, 2.24) is 15.2 Å². The molecule has 20 heavy (non-hydrogen) atoms. The lowest BCUT2D eigenvalue weighted by Crippen LogP contribution is -2.45. The number of sulfone groups is 1. The Labute approximate surface area is 119 Å². The highest BCUT2D eigenvalue weighted by Crippen LogP contribution is 2.17. The number of aromatic nitrogens is 1. The average molecular weight is 297 g/mol. The Balaban J connectivity index is 1.95. The monoisotopic (exact) mass is 297 g/mol. The fraction of sp³-hybridized carbons (Fsp3) is 0.538. The molecular weight excluding hydrogens is 278 g/mol. The van der Waals surface area contributed by atoms with Crippen molar-refractivity contribution in [3.63, 3.8) is 0 Å². The van der Waals surface area contributed by atoms with Crippen molar-refractivity contribution >= 4 is 15.9 Å². The van der Waals surface area contributed by atoms with Crippen LogP contribution in [0.1, 0.15) is 25.1 Å². The fourth-order valence-electron chi connectivity index (χ4n) is 2.24. The summed E-state index contributed by atoms with van der Waals surface area (Å²) in [6, 6.07) is 4.78. The van der Waals surface area contributed by atoms with E-state index in [0.29, 0.717) is 6.42 Å². The number of carbonyl (C=O) groups is 1. The number of urea groups is 1. The minimum absolute atomic E-state index is 0.0505. The van der Waals surface area contributed by atoms with E-state index in [4.69, 9.17) is 0 Å². The molecule has 0 aromatic carbocycles. The molecule has 1 saturated heterocycles. The molecule has 0 radical (unpaired) electrons. The van der Waals surface area contributed by atoms with E-state index in [0.717, 1.165) is 5.69 Å². The number of nitrogens with one attached hydrogen (secondary N) is 1. The molecule has 0 unspecified atom stereocenters. The summed E-state index contributed by atoms with van der Waals surface area (Å²) in [6.07, 6.45) is 2.18. The van der Waals surface area contributed by atoms with Crippen molar-refractivity contribution in [2.75, 3.05) is 18.6 Å². The highest BCUT2D eigenvalue weighted by atomic mass is 32.2. The maximum absolute atomic E-state index is 12.1. The van der Waals surface area contributed by atoms with Crippen LogP contribution in [0.25, 0.3) is 0 Å². The van der Waals surface area contributed by atoms with E-state index < -0.39 is 9.84 Å². The number of pyridine rings is 1. The predicted octanol–water partition coefficient (Wildman–Crippen LogP) is 0.971. The second kappa shape index (κ2) is 5.78. The van der Waals surface area contributed by atoms with Crippen molar-refractivity contribution in [2.45, 2.75) is 25.4 Å². The van der Waals surface area contributed by atoms with Crippen molar-refractivity contribution in [3.8, 4) is 0 Å². The largest absolute Gasteiger partial charge is 0.330 e. The van der Waals surface area contributed by atoms with Gasteiger partial charge in [0.15, 0.2) is 9.84 Å². The van der Waals surface area contributed by atoms with Crippen LogP contribution in [0, 0.1) is 0 Å². The summed E-state index contributed by atoms with van der Waals surface area (Å²) in [5, 5.41) is 2.83. The third-order valence-corrected chi connectivity index (χ3v) is 5.30. The second-order valence-electron chi connectivity index (χ2n) is 5.09. The average Bonchev–Trinajstić information content (AvgIpc) is 2.79. The number of amides is 2. The third kappa shape index (κ3) is 3.47. The van der Waals surface area contributed by atoms with Crippen LogP contribution in [0.5, 0.6) is 0 Å². The number of nitrogens with zero attached hydrogens (tertiary/aromatic N) is 2. The molecule has 2 rings (SSSR count). The molecule has 2 atom stereocenters. The molecule has 0 saturated carbocycles. The molecular formula is C13H19N3O3S. The quantitative estimate of drug-likeness (QED) is 0.901. The van der Waals surface area contributed by atoms with Crippen LogP contribution in [-0.4, -0.2) is 48.9 Å². The third-order valence-electron chi connectivity index (χ3n) is 3.55. The van der Waals surface area contributed by atoms with Gasteiger partial charge in [-0.1, -0.05) is 6.07 Å². The number of hydrogen-bond acceptors (Lipinski definition) is 4. The maximum atomic E-state index is 12.1. The van der Waals surface area contributed by atoms with Gasteiger partial charge >= 0.3 is 6.03 Å². The first-order valence-electron chi connectivity index (χ1n) is 6.54. The van der Waals surface area contributed by atoms with Gasteiger partial charge in [0.2, 0.25) is 0 Å². The Kier molecular flexibility index (Phi) is 4.27. The number of rotatable bonds is 3. The van der Waals surface area contributed by atoms with Gasteiger partial charge in [-0.2, -0.15) is 0 Å². The zero-order chi connectivity index (χ0) is 14.8. The van der Waals surface area contributed by atoms with Crippen LogP contribution in [0.2, 0.25) is 0 Å². The van der Waals surface area contributed by atoms with Gasteiger partial charge in [-0.05, 0) is 25.5 Å². The molecule has 1 aliphatic heterocycles. The summed E-state index contributed by atoms with van der Waals surface area (Å²) >= 11 is 0. The molecule has 1 aliphatic rings. The maximum Gasteiger partial charge on any atom is 0.317 e. The molecule has 1 N–H and O–H groups in total. The minimum atomic E-state index is -2.99. The Morgan fingerprint density at radius 2 is 2.25 bits per heavy atom. The summed E-state index contributed by atoms with van der Waals surface area (Å²) in [4.78, 5) is 17.8. The van der Waals surface area contributed by atoms with E-state index in [1.165, 1.54) is 4.90 Å². The smallest absolute Gasteiger partial charge is 0.317 e. The summed E-state index contributed by atoms with van der Waals surface area (Å²) < 4.78 is 22.9. The molecule has 7 heteroatoms. The fourth-order valence-corrected chi connectivity index (χ4v) is 4.01. The van der Waals surface area contributed by atoms with Crippen LogP contribution in [-0.2, 0) is 9.84 Å². The van der Waals surface area contributed by atoms with Crippen LogP contribution < -0.4 is 5.32 Å². The van der Waals surface area contributed by atoms with Crippen molar-refractivity contribution in [3.05, 3.63) is 30.1 Å². The lowest BCUT2D eigenvalue weighted by atomic mass is 10.2. The van der Waals surface area contributed by atoms with Crippen LogP contribution in [0.15, 0.2) is 24.4 Å². The highest BCUT2D eigenvalue weighted by Gasteiger charge is 2.33. The normalized spacial score (nSPS) is 22.2.